The molecule has 3 rings (SSSR count). The number of allylic oxidation sites excluding steroid dienone is 3. The number of rotatable bonds is 3. The molecule has 0 radical (unpaired) electrons. The Morgan fingerprint density at radius 1 is 1.27 bits per heavy atom. The fourth-order valence-electron chi connectivity index (χ4n) is 1.95. The predicted molar refractivity (Wildman–Crippen MR) is 77.8 cm³/mol. The maximum absolute atomic E-state index is 8.34. The third-order valence-electron chi connectivity index (χ3n) is 2.77. The first-order valence-electron chi connectivity index (χ1n) is 6.42. The summed E-state index contributed by atoms with van der Waals surface area (Å²) in [4.78, 5) is 0. The van der Waals surface area contributed by atoms with Crippen molar-refractivity contribution in [3.8, 4) is 0 Å². The first-order valence-corrected chi connectivity index (χ1v) is 6.42. The molecule has 1 aliphatic rings. The summed E-state index contributed by atoms with van der Waals surface area (Å²) in [6, 6.07) is 12.8. The second-order valence-corrected chi connectivity index (χ2v) is 4.38. The molecule has 0 spiro atoms. The third kappa shape index (κ3) is 7.69. The van der Waals surface area contributed by atoms with Crippen molar-refractivity contribution in [1.82, 2.24) is 0 Å². The fourth-order valence-corrected chi connectivity index (χ4v) is 1.95. The Labute approximate surface area is 163 Å². The number of aryl methyl sites for hydroxylation is 1. The molecular formula is C17H18Cl2O2Zr. The van der Waals surface area contributed by atoms with Crippen LogP contribution in [0.5, 0.6) is 0 Å². The van der Waals surface area contributed by atoms with Crippen LogP contribution >= 0.6 is 0 Å². The second kappa shape index (κ2) is 13.0. The van der Waals surface area contributed by atoms with Crippen molar-refractivity contribution in [2.24, 2.45) is 0 Å². The van der Waals surface area contributed by atoms with Crippen molar-refractivity contribution in [3.63, 3.8) is 0 Å². The summed E-state index contributed by atoms with van der Waals surface area (Å²) in [6.07, 6.45) is 7.62. The molecule has 0 saturated carbocycles. The molecule has 0 fully saturated rings. The van der Waals surface area contributed by atoms with Crippen LogP contribution in [0.15, 0.2) is 54.3 Å². The van der Waals surface area contributed by atoms with Crippen LogP contribution < -0.4 is 24.8 Å². The zero-order chi connectivity index (χ0) is 13.5. The molecule has 5 heteroatoms. The molecule has 1 aliphatic carbocycles. The molecule has 1 N–H and O–H groups in total. The van der Waals surface area contributed by atoms with Crippen LogP contribution in [0.4, 0.5) is 0 Å². The third-order valence-corrected chi connectivity index (χ3v) is 2.77. The molecule has 0 bridgehead atoms. The first-order chi connectivity index (χ1) is 9.29. The van der Waals surface area contributed by atoms with Gasteiger partial charge in [-0.1, -0.05) is 18.7 Å². The second-order valence-electron chi connectivity index (χ2n) is 4.38. The van der Waals surface area contributed by atoms with Crippen molar-refractivity contribution in [1.29, 1.82) is 0 Å². The minimum Gasteiger partial charge on any atom is -1.00 e. The van der Waals surface area contributed by atoms with Crippen molar-refractivity contribution in [2.45, 2.75) is 13.3 Å². The summed E-state index contributed by atoms with van der Waals surface area (Å²) in [7, 11) is 0. The number of hydrogen-bond donors (Lipinski definition) is 1. The van der Waals surface area contributed by atoms with Crippen LogP contribution in [-0.4, -0.2) is 18.3 Å². The van der Waals surface area contributed by atoms with Crippen LogP contribution in [-0.2, 0) is 30.9 Å². The van der Waals surface area contributed by atoms with E-state index in [2.05, 4.69) is 49.4 Å². The van der Waals surface area contributed by atoms with Gasteiger partial charge in [-0.15, -0.1) is 47.0 Å². The van der Waals surface area contributed by atoms with E-state index in [9.17, 15) is 0 Å². The molecule has 0 heterocycles. The van der Waals surface area contributed by atoms with Crippen molar-refractivity contribution < 1.29 is 60.9 Å². The number of halogens is 2. The van der Waals surface area contributed by atoms with E-state index in [4.69, 9.17) is 9.84 Å². The van der Waals surface area contributed by atoms with Gasteiger partial charge in [0.05, 0.1) is 6.61 Å². The van der Waals surface area contributed by atoms with Crippen LogP contribution in [0.2, 0.25) is 0 Å². The van der Waals surface area contributed by atoms with Crippen LogP contribution in [0.1, 0.15) is 12.0 Å². The van der Waals surface area contributed by atoms with E-state index < -0.39 is 0 Å². The zero-order valence-corrected chi connectivity index (χ0v) is 16.3. The van der Waals surface area contributed by atoms with Gasteiger partial charge in [-0.2, -0.15) is 18.2 Å². The van der Waals surface area contributed by atoms with Gasteiger partial charge in [0.25, 0.3) is 0 Å². The van der Waals surface area contributed by atoms with Gasteiger partial charge < -0.3 is 34.7 Å². The number of fused-ring (bicyclic) bond motifs is 1. The van der Waals surface area contributed by atoms with E-state index in [1.54, 1.807) is 0 Å². The standard InChI is InChI=1S/C10H9.C7H9O2.2ClH.Zr/c1-8-6-9-4-2-3-5-10(9)7-8;8-5-6-9-7-3-1-2-4-7;;;/h2-7H,1H3;1,3,8H,2,5-6H2;2*1H;/q2*-1;;;+4/p-2. The molecule has 0 unspecified atom stereocenters. The maximum Gasteiger partial charge on any atom is 4.00 e. The Bertz CT molecular complexity index is 558. The molecular weight excluding hydrogens is 398 g/mol. The molecule has 2 aromatic carbocycles. The van der Waals surface area contributed by atoms with Gasteiger partial charge in [-0.25, -0.2) is 6.08 Å². The van der Waals surface area contributed by atoms with Crippen LogP contribution in [0.3, 0.4) is 0 Å². The smallest absolute Gasteiger partial charge is 1.00 e. The minimum absolute atomic E-state index is 0. The summed E-state index contributed by atoms with van der Waals surface area (Å²) >= 11 is 0. The Hall–Kier alpha value is -0.467. The predicted octanol–water partition coefficient (Wildman–Crippen LogP) is -2.49. The van der Waals surface area contributed by atoms with E-state index in [0.717, 1.165) is 12.2 Å². The average Bonchev–Trinajstić information content (AvgIpc) is 3.04. The number of benzene rings is 1. The molecule has 0 aliphatic heterocycles. The van der Waals surface area contributed by atoms with Crippen LogP contribution in [0, 0.1) is 13.0 Å². The molecule has 0 atom stereocenters. The summed E-state index contributed by atoms with van der Waals surface area (Å²) in [5.41, 5.74) is 1.35. The molecule has 0 saturated heterocycles. The Morgan fingerprint density at radius 3 is 2.59 bits per heavy atom. The van der Waals surface area contributed by atoms with Gasteiger partial charge in [0.15, 0.2) is 0 Å². The van der Waals surface area contributed by atoms with Gasteiger partial charge in [0.2, 0.25) is 0 Å². The average molecular weight is 416 g/mol. The van der Waals surface area contributed by atoms with Gasteiger partial charge >= 0.3 is 26.2 Å². The molecule has 0 aromatic heterocycles. The molecule has 22 heavy (non-hydrogen) atoms. The maximum atomic E-state index is 8.34. The van der Waals surface area contributed by atoms with Crippen LogP contribution in [0.25, 0.3) is 10.8 Å². The molecule has 0 amide bonds. The number of aliphatic hydroxyl groups excluding tert-OH is 1. The molecule has 116 valence electrons. The number of hydrogen-bond acceptors (Lipinski definition) is 2. The zero-order valence-electron chi connectivity index (χ0n) is 12.4. The van der Waals surface area contributed by atoms with E-state index in [1.807, 2.05) is 12.2 Å². The van der Waals surface area contributed by atoms with Gasteiger partial charge in [-0.05, 0) is 0 Å². The topological polar surface area (TPSA) is 29.5 Å². The summed E-state index contributed by atoms with van der Waals surface area (Å²) < 4.78 is 5.02. The van der Waals surface area contributed by atoms with Gasteiger partial charge in [0.1, 0.15) is 6.61 Å². The summed E-state index contributed by atoms with van der Waals surface area (Å²) in [6.45, 7) is 2.56. The number of ether oxygens (including phenoxy) is 1. The van der Waals surface area contributed by atoms with Crippen molar-refractivity contribution in [3.05, 3.63) is 65.9 Å². The largest absolute Gasteiger partial charge is 4.00 e. The Kier molecular flexibility index (Phi) is 14.1. The summed E-state index contributed by atoms with van der Waals surface area (Å²) in [5.74, 6) is 0.754. The number of aliphatic hydroxyl groups is 1. The minimum atomic E-state index is 0. The Morgan fingerprint density at radius 2 is 2.00 bits per heavy atom. The SMILES string of the molecule is Cc1cc2ccccc2[cH-]1.OCCOC1=[C-]CC=C1.[Cl-].[Cl-].[Zr+4]. The van der Waals surface area contributed by atoms with Gasteiger partial charge in [-0.3, -0.25) is 0 Å². The Balaban J connectivity index is 0. The van der Waals surface area contributed by atoms with E-state index in [-0.39, 0.29) is 57.6 Å². The normalized spacial score (nSPS) is 11.3. The quantitative estimate of drug-likeness (QED) is 0.562. The van der Waals surface area contributed by atoms with Gasteiger partial charge in [0, 0.05) is 0 Å². The fraction of sp³-hybridized carbons (Fsp3) is 0.235. The van der Waals surface area contributed by atoms with E-state index >= 15 is 0 Å². The van der Waals surface area contributed by atoms with Crippen molar-refractivity contribution >= 4 is 10.8 Å². The molecule has 2 nitrogen and oxygen atoms in total. The van der Waals surface area contributed by atoms with E-state index in [1.165, 1.54) is 16.3 Å². The monoisotopic (exact) mass is 414 g/mol. The first kappa shape index (κ1) is 23.8. The molecule has 2 aromatic rings. The van der Waals surface area contributed by atoms with Crippen molar-refractivity contribution in [2.75, 3.05) is 13.2 Å². The summed E-state index contributed by atoms with van der Waals surface area (Å²) in [5, 5.41) is 11.0. The van der Waals surface area contributed by atoms with E-state index in [0.29, 0.717) is 6.61 Å².